The van der Waals surface area contributed by atoms with Gasteiger partial charge >= 0.3 is 5.97 Å². The number of nitrogens with one attached hydrogen (secondary N) is 1. The zero-order chi connectivity index (χ0) is 23.3. The Kier molecular flexibility index (Phi) is 7.20. The molecule has 0 unspecified atom stereocenters. The van der Waals surface area contributed by atoms with Crippen molar-refractivity contribution in [3.05, 3.63) is 76.6 Å². The van der Waals surface area contributed by atoms with Gasteiger partial charge in [-0.15, -0.1) is 0 Å². The zero-order valence-electron chi connectivity index (χ0n) is 19.0. The highest BCUT2D eigenvalue weighted by Crippen LogP contribution is 2.31. The Morgan fingerprint density at radius 3 is 2.28 bits per heavy atom. The summed E-state index contributed by atoms with van der Waals surface area (Å²) in [4.78, 5) is 26.0. The van der Waals surface area contributed by atoms with Crippen molar-refractivity contribution in [2.24, 2.45) is 0 Å². The van der Waals surface area contributed by atoms with E-state index in [9.17, 15) is 9.59 Å². The highest BCUT2D eigenvalue weighted by Gasteiger charge is 2.27. The molecule has 168 valence electrons. The molecule has 0 radical (unpaired) electrons. The molecule has 3 rings (SSSR count). The Balaban J connectivity index is 2.01. The van der Waals surface area contributed by atoms with Crippen LogP contribution in [0.3, 0.4) is 0 Å². The molecule has 7 nitrogen and oxygen atoms in total. The third-order valence-corrected chi connectivity index (χ3v) is 5.29. The summed E-state index contributed by atoms with van der Waals surface area (Å²) in [6.07, 6.45) is 0. The molecule has 0 spiro atoms. The minimum absolute atomic E-state index is 0.251. The Morgan fingerprint density at radius 2 is 1.66 bits per heavy atom. The second-order valence-electron chi connectivity index (χ2n) is 7.25. The molecule has 1 N–H and O–H groups in total. The van der Waals surface area contributed by atoms with E-state index >= 15 is 0 Å². The Labute approximate surface area is 187 Å². The van der Waals surface area contributed by atoms with Gasteiger partial charge in [0.15, 0.2) is 11.5 Å². The molecule has 0 saturated carbocycles. The molecule has 0 bridgehead atoms. The van der Waals surface area contributed by atoms with Crippen LogP contribution >= 0.6 is 0 Å². The molecule has 2 aromatic carbocycles. The fourth-order valence-electron chi connectivity index (χ4n) is 3.76. The number of aromatic nitrogens is 1. The van der Waals surface area contributed by atoms with Crippen LogP contribution in [0, 0.1) is 13.8 Å². The smallest absolute Gasteiger partial charge is 0.355 e. The lowest BCUT2D eigenvalue weighted by atomic mass is 10.1. The monoisotopic (exact) mass is 436 g/mol. The summed E-state index contributed by atoms with van der Waals surface area (Å²) in [6.45, 7) is 6.06. The van der Waals surface area contributed by atoms with Gasteiger partial charge in [0.1, 0.15) is 5.69 Å². The lowest BCUT2D eigenvalue weighted by molar-refractivity contribution is 0.0513. The van der Waals surface area contributed by atoms with Gasteiger partial charge in [-0.1, -0.05) is 30.3 Å². The quantitative estimate of drug-likeness (QED) is 0.522. The minimum Gasteiger partial charge on any atom is -0.493 e. The summed E-state index contributed by atoms with van der Waals surface area (Å²) in [7, 11) is 3.09. The highest BCUT2D eigenvalue weighted by molar-refractivity contribution is 6.08. The number of anilines is 1. The molecular formula is C25H28N2O5. The number of ether oxygens (including phenoxy) is 3. The third kappa shape index (κ3) is 4.61. The third-order valence-electron chi connectivity index (χ3n) is 5.29. The highest BCUT2D eigenvalue weighted by atomic mass is 16.5. The first kappa shape index (κ1) is 22.9. The first-order valence-electron chi connectivity index (χ1n) is 10.3. The fraction of sp³-hybridized carbons (Fsp3) is 0.280. The van der Waals surface area contributed by atoms with Crippen molar-refractivity contribution in [2.45, 2.75) is 27.3 Å². The van der Waals surface area contributed by atoms with E-state index in [0.29, 0.717) is 46.2 Å². The van der Waals surface area contributed by atoms with Gasteiger partial charge in [0, 0.05) is 24.0 Å². The molecule has 32 heavy (non-hydrogen) atoms. The van der Waals surface area contributed by atoms with E-state index in [-0.39, 0.29) is 12.5 Å². The number of benzene rings is 2. The summed E-state index contributed by atoms with van der Waals surface area (Å²) in [5.41, 5.74) is 3.66. The molecule has 1 aromatic heterocycles. The largest absolute Gasteiger partial charge is 0.493 e. The van der Waals surface area contributed by atoms with Crippen molar-refractivity contribution < 1.29 is 23.8 Å². The molecule has 1 heterocycles. The molecule has 0 fully saturated rings. The molecule has 0 aliphatic heterocycles. The van der Waals surface area contributed by atoms with Crippen LogP contribution in [0.15, 0.2) is 48.5 Å². The van der Waals surface area contributed by atoms with Crippen molar-refractivity contribution in [1.82, 2.24) is 4.57 Å². The maximum absolute atomic E-state index is 13.3. The van der Waals surface area contributed by atoms with Gasteiger partial charge in [0.25, 0.3) is 5.91 Å². The van der Waals surface area contributed by atoms with Gasteiger partial charge in [-0.05, 0) is 44.0 Å². The van der Waals surface area contributed by atoms with Crippen LogP contribution in [-0.4, -0.2) is 37.3 Å². The van der Waals surface area contributed by atoms with Crippen molar-refractivity contribution in [3.8, 4) is 11.5 Å². The van der Waals surface area contributed by atoms with Crippen molar-refractivity contribution in [3.63, 3.8) is 0 Å². The van der Waals surface area contributed by atoms with E-state index in [1.165, 1.54) is 7.11 Å². The Hall–Kier alpha value is -3.74. The van der Waals surface area contributed by atoms with Gasteiger partial charge in [-0.2, -0.15) is 0 Å². The maximum atomic E-state index is 13.3. The summed E-state index contributed by atoms with van der Waals surface area (Å²) in [5.74, 6) is 0.308. The standard InChI is InChI=1S/C25H28N2O5/c1-6-32-25(29)23-16(2)22(17(3)27(23)15-18-10-8-7-9-11-18)24(28)26-19-12-13-20(30-4)21(14-19)31-5/h7-14H,6,15H2,1-5H3,(H,26,28). The number of esters is 1. The average molecular weight is 437 g/mol. The van der Waals surface area contributed by atoms with Crippen molar-refractivity contribution in [1.29, 1.82) is 0 Å². The predicted octanol–water partition coefficient (Wildman–Crippen LogP) is 4.60. The average Bonchev–Trinajstić information content (AvgIpc) is 3.03. The molecule has 7 heteroatoms. The van der Waals surface area contributed by atoms with E-state index in [1.807, 2.05) is 41.8 Å². The number of hydrogen-bond acceptors (Lipinski definition) is 5. The van der Waals surface area contributed by atoms with Gasteiger partial charge in [0.2, 0.25) is 0 Å². The predicted molar refractivity (Wildman–Crippen MR) is 123 cm³/mol. The first-order valence-corrected chi connectivity index (χ1v) is 10.3. The molecule has 0 aliphatic carbocycles. The van der Waals surface area contributed by atoms with Crippen LogP contribution in [0.1, 0.15) is 44.6 Å². The number of nitrogens with zero attached hydrogens (tertiary/aromatic N) is 1. The summed E-state index contributed by atoms with van der Waals surface area (Å²) in [6, 6.07) is 14.9. The van der Waals surface area contributed by atoms with Crippen LogP contribution in [0.2, 0.25) is 0 Å². The van der Waals surface area contributed by atoms with E-state index < -0.39 is 5.97 Å². The van der Waals surface area contributed by atoms with Crippen LogP contribution in [-0.2, 0) is 11.3 Å². The van der Waals surface area contributed by atoms with Gasteiger partial charge in [-0.3, -0.25) is 4.79 Å². The zero-order valence-corrected chi connectivity index (χ0v) is 19.0. The normalized spacial score (nSPS) is 10.5. The summed E-state index contributed by atoms with van der Waals surface area (Å²) >= 11 is 0. The second kappa shape index (κ2) is 10.0. The number of carbonyl (C=O) groups excluding carboxylic acids is 2. The molecule has 0 aliphatic rings. The summed E-state index contributed by atoms with van der Waals surface area (Å²) < 4.78 is 17.7. The van der Waals surface area contributed by atoms with Crippen molar-refractivity contribution in [2.75, 3.05) is 26.1 Å². The fourth-order valence-corrected chi connectivity index (χ4v) is 3.76. The minimum atomic E-state index is -0.450. The number of hydrogen-bond donors (Lipinski definition) is 1. The van der Waals surface area contributed by atoms with Gasteiger partial charge < -0.3 is 24.1 Å². The van der Waals surface area contributed by atoms with Gasteiger partial charge in [-0.25, -0.2) is 4.79 Å². The van der Waals surface area contributed by atoms with Crippen LogP contribution in [0.25, 0.3) is 0 Å². The topological polar surface area (TPSA) is 78.8 Å². The molecule has 0 atom stereocenters. The van der Waals surface area contributed by atoms with E-state index in [4.69, 9.17) is 14.2 Å². The Bertz CT molecular complexity index is 1120. The SMILES string of the molecule is CCOC(=O)c1c(C)c(C(=O)Nc2ccc(OC)c(OC)c2)c(C)n1Cc1ccccc1. The van der Waals surface area contributed by atoms with E-state index in [1.54, 1.807) is 39.2 Å². The Morgan fingerprint density at radius 1 is 0.969 bits per heavy atom. The maximum Gasteiger partial charge on any atom is 0.355 e. The van der Waals surface area contributed by atoms with Crippen LogP contribution in [0.5, 0.6) is 11.5 Å². The molecule has 0 saturated heterocycles. The van der Waals surface area contributed by atoms with Crippen molar-refractivity contribution >= 4 is 17.6 Å². The van der Waals surface area contributed by atoms with E-state index in [2.05, 4.69) is 5.32 Å². The number of methoxy groups -OCH3 is 2. The summed E-state index contributed by atoms with van der Waals surface area (Å²) in [5, 5.41) is 2.90. The van der Waals surface area contributed by atoms with E-state index in [0.717, 1.165) is 5.56 Å². The van der Waals surface area contributed by atoms with Gasteiger partial charge in [0.05, 0.1) is 26.4 Å². The first-order chi connectivity index (χ1) is 15.4. The lowest BCUT2D eigenvalue weighted by Gasteiger charge is -2.12. The number of rotatable bonds is 8. The van der Waals surface area contributed by atoms with Crippen LogP contribution < -0.4 is 14.8 Å². The number of amides is 1. The molecule has 3 aromatic rings. The molecule has 1 amide bonds. The van der Waals surface area contributed by atoms with Crippen LogP contribution in [0.4, 0.5) is 5.69 Å². The second-order valence-corrected chi connectivity index (χ2v) is 7.25. The number of carbonyl (C=O) groups is 2. The molecular weight excluding hydrogens is 408 g/mol. The lowest BCUT2D eigenvalue weighted by Crippen LogP contribution is -2.15.